The summed E-state index contributed by atoms with van der Waals surface area (Å²) < 4.78 is 21.8. The van der Waals surface area contributed by atoms with Crippen LogP contribution in [-0.4, -0.2) is 170 Å². The molecule has 354 valence electrons. The van der Waals surface area contributed by atoms with Crippen molar-refractivity contribution in [2.24, 2.45) is 5.73 Å². The van der Waals surface area contributed by atoms with Crippen molar-refractivity contribution in [3.05, 3.63) is 47.5 Å². The number of aromatic nitrogens is 1. The van der Waals surface area contributed by atoms with Gasteiger partial charge < -0.3 is 66.3 Å². The molecule has 0 saturated heterocycles. The van der Waals surface area contributed by atoms with Crippen LogP contribution in [0.4, 0.5) is 4.79 Å². The molecule has 1 aromatic carbocycles. The summed E-state index contributed by atoms with van der Waals surface area (Å²) in [5.41, 5.74) is 5.86. The van der Waals surface area contributed by atoms with Crippen molar-refractivity contribution in [1.82, 2.24) is 36.4 Å². The molecule has 2 atom stereocenters. The number of hydroxylamine groups is 2. The third-order valence-electron chi connectivity index (χ3n) is 8.34. The summed E-state index contributed by atoms with van der Waals surface area (Å²) in [4.78, 5) is 109. The summed E-state index contributed by atoms with van der Waals surface area (Å²) in [7, 11) is 2.85. The van der Waals surface area contributed by atoms with Crippen molar-refractivity contribution >= 4 is 69.0 Å². The van der Waals surface area contributed by atoms with Gasteiger partial charge in [0.1, 0.15) is 25.3 Å². The molecule has 1 aliphatic heterocycles. The highest BCUT2D eigenvalue weighted by atomic mass is 33.1. The van der Waals surface area contributed by atoms with Crippen LogP contribution in [-0.2, 0) is 47.8 Å². The van der Waals surface area contributed by atoms with Gasteiger partial charge in [-0.3, -0.25) is 38.4 Å². The van der Waals surface area contributed by atoms with E-state index >= 15 is 0 Å². The van der Waals surface area contributed by atoms with E-state index in [1.54, 1.807) is 12.1 Å². The van der Waals surface area contributed by atoms with Crippen LogP contribution in [0.3, 0.4) is 0 Å². The number of hydrogen-bond donors (Lipinski definition) is 8. The molecule has 0 aliphatic carbocycles. The number of amides is 8. The summed E-state index contributed by atoms with van der Waals surface area (Å²) >= 11 is 0. The maximum atomic E-state index is 13.2. The van der Waals surface area contributed by atoms with Crippen molar-refractivity contribution in [3.63, 3.8) is 0 Å². The molecule has 24 nitrogen and oxygen atoms in total. The first-order chi connectivity index (χ1) is 30.8. The van der Waals surface area contributed by atoms with Gasteiger partial charge in [0.05, 0.1) is 50.8 Å². The Morgan fingerprint density at radius 3 is 1.84 bits per heavy atom. The van der Waals surface area contributed by atoms with E-state index in [0.29, 0.717) is 22.6 Å². The Labute approximate surface area is 375 Å². The minimum atomic E-state index is -1.07. The van der Waals surface area contributed by atoms with Gasteiger partial charge in [0.25, 0.3) is 11.8 Å². The highest BCUT2D eigenvalue weighted by Crippen LogP contribution is 2.23. The number of fused-ring (bicyclic) bond motifs is 1. The van der Waals surface area contributed by atoms with E-state index in [4.69, 9.17) is 34.4 Å². The fourth-order valence-corrected chi connectivity index (χ4v) is 7.09. The number of aromatic hydroxyl groups is 2. The number of carbonyl (C=O) groups is 8. The van der Waals surface area contributed by atoms with Crippen LogP contribution in [0.5, 0.6) is 11.8 Å². The number of hydrogen-bond acceptors (Lipinski definition) is 18. The Balaban J connectivity index is 1.25. The average molecular weight is 943 g/mol. The molecular weight excluding hydrogens is 889 g/mol. The van der Waals surface area contributed by atoms with Crippen molar-refractivity contribution < 1.29 is 77.2 Å². The second-order valence-corrected chi connectivity index (χ2v) is 16.0. The highest BCUT2D eigenvalue weighted by molar-refractivity contribution is 8.76. The predicted octanol–water partition coefficient (Wildman–Crippen LogP) is -1.41. The van der Waals surface area contributed by atoms with Gasteiger partial charge in [-0.2, -0.15) is 0 Å². The van der Waals surface area contributed by atoms with Crippen LogP contribution in [0, 0.1) is 0 Å². The summed E-state index contributed by atoms with van der Waals surface area (Å²) in [6, 6.07) is 6.40. The lowest BCUT2D eigenvalue weighted by Gasteiger charge is -2.22. The second-order valence-electron chi connectivity index (χ2n) is 13.2. The van der Waals surface area contributed by atoms with E-state index in [1.165, 1.54) is 33.7 Å². The van der Waals surface area contributed by atoms with E-state index in [1.807, 2.05) is 6.92 Å². The Morgan fingerprint density at radius 1 is 0.672 bits per heavy atom. The third-order valence-corrected chi connectivity index (χ3v) is 10.8. The average Bonchev–Trinajstić information content (AvgIpc) is 3.71. The van der Waals surface area contributed by atoms with Crippen LogP contribution in [0.15, 0.2) is 36.4 Å². The van der Waals surface area contributed by atoms with Crippen LogP contribution in [0.2, 0.25) is 0 Å². The highest BCUT2D eigenvalue weighted by Gasteiger charge is 2.37. The van der Waals surface area contributed by atoms with Crippen molar-refractivity contribution in [1.29, 1.82) is 0 Å². The lowest BCUT2D eigenvalue weighted by atomic mass is 10.1. The number of ether oxygens (including phenoxy) is 4. The summed E-state index contributed by atoms with van der Waals surface area (Å²) in [6.07, 6.45) is -0.0773. The first-order valence-corrected chi connectivity index (χ1v) is 22.5. The lowest BCUT2D eigenvalue weighted by Crippen LogP contribution is -2.54. The molecule has 9 N–H and O–H groups in total. The van der Waals surface area contributed by atoms with Gasteiger partial charge in [-0.25, -0.2) is 4.79 Å². The number of nitrogens with zero attached hydrogens (tertiary/aromatic N) is 2. The van der Waals surface area contributed by atoms with Crippen LogP contribution in [0.25, 0.3) is 0 Å². The van der Waals surface area contributed by atoms with Crippen LogP contribution < -0.4 is 37.2 Å². The minimum absolute atomic E-state index is 0.0187. The quantitative estimate of drug-likeness (QED) is 0.0232. The van der Waals surface area contributed by atoms with Gasteiger partial charge >= 0.3 is 6.09 Å². The van der Waals surface area contributed by atoms with E-state index in [-0.39, 0.29) is 89.2 Å². The largest absolute Gasteiger partial charge is 0.492 e. The minimum Gasteiger partial charge on any atom is -0.492 e. The smallest absolute Gasteiger partial charge is 0.432 e. The standard InChI is InChI=1S/C38H54N8O16S2/c1-2-63-64-24-28(34(39)52)44-35(53)27(9-5-6-12-40-30(48)23-61-46-36(54)25-7-3-4-8-26(25)37(46)55)43-31(49)22-60-20-18-57-15-13-41-29(47)21-59-19-17-58-16-14-42-38(56)62-45-32(50)10-11-33(45)51/h3-4,7-8,10-11,27-28,50-51H,2,5-6,9,12-24H2,1H3,(H2,39,52)(H,40,48)(H,41,47)(H,42,56)(H,43,49)(H,44,53)/t27-,28-/m0/s1. The second kappa shape index (κ2) is 29.7. The van der Waals surface area contributed by atoms with E-state index in [2.05, 4.69) is 26.6 Å². The Kier molecular flexibility index (Phi) is 24.4. The first-order valence-electron chi connectivity index (χ1n) is 20.0. The van der Waals surface area contributed by atoms with Gasteiger partial charge in [-0.05, 0) is 31.4 Å². The van der Waals surface area contributed by atoms with Gasteiger partial charge in [0.2, 0.25) is 41.3 Å². The zero-order valence-electron chi connectivity index (χ0n) is 35.0. The molecule has 0 radical (unpaired) electrons. The fourth-order valence-electron chi connectivity index (χ4n) is 5.25. The molecule has 0 spiro atoms. The van der Waals surface area contributed by atoms with Gasteiger partial charge in [-0.1, -0.05) is 40.6 Å². The molecule has 0 fully saturated rings. The predicted molar refractivity (Wildman–Crippen MR) is 227 cm³/mol. The third kappa shape index (κ3) is 19.4. The molecule has 0 bridgehead atoms. The SMILES string of the molecule is CCSSC[C@H](NC(=O)[C@H](CCCCNC(=O)CON1C(=O)c2ccccc2C1=O)NC(=O)COCCOCCNC(=O)COCCOCCNC(=O)On1c(O)ccc1O)C(N)=O. The number of benzene rings is 1. The van der Waals surface area contributed by atoms with E-state index in [9.17, 15) is 48.6 Å². The van der Waals surface area contributed by atoms with Crippen LogP contribution in [0.1, 0.15) is 46.9 Å². The van der Waals surface area contributed by atoms with Gasteiger partial charge in [-0.15, -0.1) is 9.79 Å². The van der Waals surface area contributed by atoms with Crippen molar-refractivity contribution in [3.8, 4) is 11.8 Å². The monoisotopic (exact) mass is 942 g/mol. The summed E-state index contributed by atoms with van der Waals surface area (Å²) in [5.74, 6) is -4.24. The molecule has 0 unspecified atom stereocenters. The molecular formula is C38H54N8O16S2. The van der Waals surface area contributed by atoms with E-state index < -0.39 is 84.5 Å². The van der Waals surface area contributed by atoms with Gasteiger partial charge in [0.15, 0.2) is 6.61 Å². The molecule has 3 rings (SSSR count). The molecule has 8 amide bonds. The molecule has 2 aromatic rings. The summed E-state index contributed by atoms with van der Waals surface area (Å²) in [5, 5.41) is 32.2. The number of unbranched alkanes of at least 4 members (excludes halogenated alkanes) is 1. The van der Waals surface area contributed by atoms with E-state index in [0.717, 1.165) is 17.9 Å². The number of rotatable bonds is 33. The zero-order valence-corrected chi connectivity index (χ0v) is 36.7. The van der Waals surface area contributed by atoms with Crippen LogP contribution >= 0.6 is 21.6 Å². The molecule has 26 heteroatoms. The molecule has 0 saturated carbocycles. The molecule has 2 heterocycles. The van der Waals surface area contributed by atoms with Crippen molar-refractivity contribution in [2.75, 3.05) is 90.6 Å². The topological polar surface area (TPSA) is 327 Å². The Hall–Kier alpha value is -5.64. The first kappa shape index (κ1) is 52.7. The maximum Gasteiger partial charge on any atom is 0.432 e. The summed E-state index contributed by atoms with van der Waals surface area (Å²) in [6.45, 7) is 1.68. The normalized spacial score (nSPS) is 12.9. The fraction of sp³-hybridized carbons (Fsp3) is 0.526. The number of imide groups is 1. The lowest BCUT2D eigenvalue weighted by molar-refractivity contribution is -0.139. The Morgan fingerprint density at radius 2 is 1.23 bits per heavy atom. The maximum absolute atomic E-state index is 13.2. The number of nitrogens with two attached hydrogens (primary N) is 1. The van der Waals surface area contributed by atoms with Crippen molar-refractivity contribution in [2.45, 2.75) is 38.3 Å². The number of primary amides is 1. The molecule has 1 aliphatic rings. The number of nitrogens with one attached hydrogen (secondary N) is 5. The molecule has 64 heavy (non-hydrogen) atoms. The zero-order chi connectivity index (χ0) is 46.7. The number of carbonyl (C=O) groups excluding carboxylic acids is 8. The van der Waals surface area contributed by atoms with Gasteiger partial charge in [0, 0.05) is 43.3 Å². The Bertz CT molecular complexity index is 1820. The molecule has 1 aromatic heterocycles.